The summed E-state index contributed by atoms with van der Waals surface area (Å²) in [5.41, 5.74) is 0. The molecule has 0 spiro atoms. The van der Waals surface area contributed by atoms with E-state index in [1.807, 2.05) is 6.07 Å². The average molecular weight is 131 g/mol. The molecule has 0 heterocycles. The normalized spacial score (nSPS) is 7.29. The largest absolute Gasteiger partial charge is 0.197 e. The molecule has 0 aromatic rings. The Hall–Kier alpha value is -0.0700. The number of rotatable bonds is 3. The van der Waals surface area contributed by atoms with Crippen LogP contribution in [0.4, 0.5) is 0 Å². The molecule has 0 atom stereocenters. The van der Waals surface area contributed by atoms with Crippen molar-refractivity contribution in [1.82, 2.24) is 0 Å². The molecule has 0 aliphatic rings. The van der Waals surface area contributed by atoms with Crippen LogP contribution in [0.3, 0.4) is 0 Å². The highest BCUT2D eigenvalue weighted by atomic mass is 32.2. The fraction of sp³-hybridized carbons (Fsp3) is 0.500. The Kier molecular flexibility index (Phi) is 5.87. The minimum atomic E-state index is 0.549. The first-order valence-corrected chi connectivity index (χ1v) is 3.42. The standard InChI is InChI=1S/C4H5NS2/c5-1-3-7-4-2-6/h2H,3-4H2. The van der Waals surface area contributed by atoms with Crippen LogP contribution in [0.2, 0.25) is 0 Å². The zero-order valence-electron chi connectivity index (χ0n) is 3.76. The van der Waals surface area contributed by atoms with Crippen molar-refractivity contribution >= 4 is 29.3 Å². The summed E-state index contributed by atoms with van der Waals surface area (Å²) >= 11 is 6.04. The van der Waals surface area contributed by atoms with Crippen LogP contribution in [0, 0.1) is 11.3 Å². The van der Waals surface area contributed by atoms with Gasteiger partial charge >= 0.3 is 0 Å². The molecule has 0 saturated carbocycles. The maximum absolute atomic E-state index is 7.97. The Morgan fingerprint density at radius 3 is 3.00 bits per heavy atom. The Morgan fingerprint density at radius 2 is 2.57 bits per heavy atom. The maximum atomic E-state index is 7.97. The first kappa shape index (κ1) is 6.93. The van der Waals surface area contributed by atoms with Crippen molar-refractivity contribution in [3.63, 3.8) is 0 Å². The van der Waals surface area contributed by atoms with E-state index in [1.54, 1.807) is 5.37 Å². The fourth-order valence-corrected chi connectivity index (χ4v) is 0.747. The van der Waals surface area contributed by atoms with Gasteiger partial charge in [0, 0.05) is 5.75 Å². The highest BCUT2D eigenvalue weighted by molar-refractivity contribution is 8.00. The molecule has 0 N–H and O–H groups in total. The second kappa shape index (κ2) is 5.93. The molecule has 0 aromatic carbocycles. The molecule has 0 bridgehead atoms. The van der Waals surface area contributed by atoms with Crippen molar-refractivity contribution in [2.24, 2.45) is 0 Å². The van der Waals surface area contributed by atoms with E-state index in [-0.39, 0.29) is 0 Å². The van der Waals surface area contributed by atoms with Gasteiger partial charge in [-0.25, -0.2) is 0 Å². The second-order valence-electron chi connectivity index (χ2n) is 0.840. The van der Waals surface area contributed by atoms with Crippen LogP contribution in [0.15, 0.2) is 0 Å². The quantitative estimate of drug-likeness (QED) is 0.425. The van der Waals surface area contributed by atoms with E-state index in [2.05, 4.69) is 12.2 Å². The summed E-state index contributed by atoms with van der Waals surface area (Å²) in [6.07, 6.45) is 0. The first-order valence-electron chi connectivity index (χ1n) is 1.80. The molecular weight excluding hydrogens is 126 g/mol. The van der Waals surface area contributed by atoms with E-state index in [1.165, 1.54) is 11.8 Å². The number of nitriles is 1. The molecule has 0 saturated heterocycles. The highest BCUT2D eigenvalue weighted by Gasteiger charge is 1.77. The van der Waals surface area contributed by atoms with Crippen molar-refractivity contribution in [3.8, 4) is 6.07 Å². The second-order valence-corrected chi connectivity index (χ2v) is 2.20. The third-order valence-electron chi connectivity index (χ3n) is 0.353. The molecule has 0 amide bonds. The predicted octanol–water partition coefficient (Wildman–Crippen LogP) is 1.24. The third kappa shape index (κ3) is 5.93. The van der Waals surface area contributed by atoms with Gasteiger partial charge in [0.1, 0.15) is 0 Å². The number of thiocarbonyl (C=S) groups is 1. The van der Waals surface area contributed by atoms with Crippen LogP contribution in [0.1, 0.15) is 0 Å². The van der Waals surface area contributed by atoms with E-state index in [0.717, 1.165) is 5.75 Å². The van der Waals surface area contributed by atoms with Crippen molar-refractivity contribution < 1.29 is 0 Å². The number of hydrogen-bond donors (Lipinski definition) is 0. The van der Waals surface area contributed by atoms with Gasteiger partial charge in [0.25, 0.3) is 0 Å². The molecule has 0 aliphatic carbocycles. The summed E-state index contributed by atoms with van der Waals surface area (Å²) in [5.74, 6) is 1.36. The summed E-state index contributed by atoms with van der Waals surface area (Å²) in [6, 6.07) is 2.00. The lowest BCUT2D eigenvalue weighted by Gasteiger charge is -1.80. The van der Waals surface area contributed by atoms with Gasteiger partial charge in [-0.15, -0.1) is 11.8 Å². The van der Waals surface area contributed by atoms with Gasteiger partial charge in [0.05, 0.1) is 11.8 Å². The van der Waals surface area contributed by atoms with Gasteiger partial charge in [-0.2, -0.15) is 5.26 Å². The Balaban J connectivity index is 2.72. The summed E-state index contributed by atoms with van der Waals surface area (Å²) < 4.78 is 0. The van der Waals surface area contributed by atoms with E-state index in [9.17, 15) is 0 Å². The molecule has 7 heavy (non-hydrogen) atoms. The molecule has 3 heteroatoms. The molecule has 38 valence electrons. The first-order chi connectivity index (χ1) is 3.41. The van der Waals surface area contributed by atoms with E-state index >= 15 is 0 Å². The number of thioether (sulfide) groups is 1. The van der Waals surface area contributed by atoms with Crippen molar-refractivity contribution in [2.75, 3.05) is 11.5 Å². The maximum Gasteiger partial charge on any atom is 0.0811 e. The van der Waals surface area contributed by atoms with E-state index in [4.69, 9.17) is 5.26 Å². The lowest BCUT2D eigenvalue weighted by atomic mass is 10.9. The SMILES string of the molecule is N#CCSCC=S. The molecule has 0 fully saturated rings. The minimum absolute atomic E-state index is 0.549. The van der Waals surface area contributed by atoms with Crippen LogP contribution in [0.25, 0.3) is 0 Å². The van der Waals surface area contributed by atoms with Crippen molar-refractivity contribution in [1.29, 1.82) is 5.26 Å². The topological polar surface area (TPSA) is 23.8 Å². The summed E-state index contributed by atoms with van der Waals surface area (Å²) in [6.45, 7) is 0. The zero-order valence-corrected chi connectivity index (χ0v) is 5.39. The highest BCUT2D eigenvalue weighted by Crippen LogP contribution is 1.93. The van der Waals surface area contributed by atoms with Crippen LogP contribution < -0.4 is 0 Å². The summed E-state index contributed by atoms with van der Waals surface area (Å²) in [4.78, 5) is 0. The molecule has 0 aliphatic heterocycles. The van der Waals surface area contributed by atoms with E-state index in [0.29, 0.717) is 5.75 Å². The van der Waals surface area contributed by atoms with Gasteiger partial charge in [0.15, 0.2) is 0 Å². The smallest absolute Gasteiger partial charge is 0.0811 e. The molecule has 0 rings (SSSR count). The van der Waals surface area contributed by atoms with Crippen molar-refractivity contribution in [2.45, 2.75) is 0 Å². The monoisotopic (exact) mass is 131 g/mol. The summed E-state index contributed by atoms with van der Waals surface area (Å²) in [7, 11) is 0. The Bertz CT molecular complexity index is 84.2. The molecule has 0 radical (unpaired) electrons. The molecular formula is C4H5NS2. The van der Waals surface area contributed by atoms with Crippen molar-refractivity contribution in [3.05, 3.63) is 0 Å². The van der Waals surface area contributed by atoms with Crippen LogP contribution in [-0.2, 0) is 0 Å². The van der Waals surface area contributed by atoms with E-state index < -0.39 is 0 Å². The minimum Gasteiger partial charge on any atom is -0.197 e. The van der Waals surface area contributed by atoms with Gasteiger partial charge in [-0.05, 0) is 5.37 Å². The van der Waals surface area contributed by atoms with Gasteiger partial charge in [-0.3, -0.25) is 0 Å². The van der Waals surface area contributed by atoms with Crippen LogP contribution in [-0.4, -0.2) is 16.9 Å². The fourth-order valence-electron chi connectivity index (χ4n) is 0.153. The van der Waals surface area contributed by atoms with Gasteiger partial charge in [0.2, 0.25) is 0 Å². The van der Waals surface area contributed by atoms with Gasteiger partial charge in [-0.1, -0.05) is 12.2 Å². The molecule has 0 aromatic heterocycles. The lowest BCUT2D eigenvalue weighted by Crippen LogP contribution is -1.75. The molecule has 1 nitrogen and oxygen atoms in total. The average Bonchev–Trinajstić information content (AvgIpc) is 1.69. The number of hydrogen-bond acceptors (Lipinski definition) is 3. The van der Waals surface area contributed by atoms with Crippen LogP contribution >= 0.6 is 24.0 Å². The molecule has 0 unspecified atom stereocenters. The predicted molar refractivity (Wildman–Crippen MR) is 36.6 cm³/mol. The number of nitrogens with zero attached hydrogens (tertiary/aromatic N) is 1. The van der Waals surface area contributed by atoms with Crippen LogP contribution in [0.5, 0.6) is 0 Å². The van der Waals surface area contributed by atoms with Gasteiger partial charge < -0.3 is 0 Å². The Morgan fingerprint density at radius 1 is 1.86 bits per heavy atom. The summed E-state index contributed by atoms with van der Waals surface area (Å²) in [5, 5.41) is 9.60. The lowest BCUT2D eigenvalue weighted by molar-refractivity contribution is 1.50. The zero-order chi connectivity index (χ0) is 5.54. The Labute approximate surface area is 52.7 Å². The third-order valence-corrected chi connectivity index (χ3v) is 1.47.